The highest BCUT2D eigenvalue weighted by molar-refractivity contribution is 6.13. The zero-order valence-electron chi connectivity index (χ0n) is 81.6. The van der Waals surface area contributed by atoms with Crippen LogP contribution in [-0.2, 0) is 16.2 Å². The fraction of sp³-hybridized carbons (Fsp3) is 0.154. The summed E-state index contributed by atoms with van der Waals surface area (Å²) in [6, 6.07) is 8.45. The smallest absolute Gasteiger partial charge is 0.269 e. The van der Waals surface area contributed by atoms with Gasteiger partial charge in [-0.15, -0.1) is 0 Å². The maximum absolute atomic E-state index is 10.2. The van der Waals surface area contributed by atoms with Crippen LogP contribution in [0.3, 0.4) is 0 Å². The van der Waals surface area contributed by atoms with Gasteiger partial charge in [0.25, 0.3) is 6.33 Å². The number of nitrogens with zero attached hydrogens (tertiary/aromatic N) is 5. The van der Waals surface area contributed by atoms with Gasteiger partial charge in [0, 0.05) is 55.7 Å². The van der Waals surface area contributed by atoms with Gasteiger partial charge in [-0.3, -0.25) is 13.7 Å². The second kappa shape index (κ2) is 19.4. The van der Waals surface area contributed by atoms with Crippen LogP contribution in [-0.4, -0.2) is 18.7 Å². The molecular weight excluding hydrogens is 1020 g/mol. The minimum atomic E-state index is -4.71. The van der Waals surface area contributed by atoms with Crippen molar-refractivity contribution in [2.24, 2.45) is 0 Å². The lowest BCUT2D eigenvalue weighted by Gasteiger charge is -2.42. The predicted molar refractivity (Wildman–Crippen MR) is 347 cm³/mol. The van der Waals surface area contributed by atoms with Crippen molar-refractivity contribution in [2.75, 3.05) is 0 Å². The molecule has 4 aromatic heterocycles. The van der Waals surface area contributed by atoms with E-state index in [0.717, 1.165) is 22.3 Å². The van der Waals surface area contributed by atoms with Crippen LogP contribution in [0.1, 0.15) is 128 Å². The highest BCUT2D eigenvalue weighted by Crippen LogP contribution is 2.48. The lowest BCUT2D eigenvalue weighted by Crippen LogP contribution is -2.33. The summed E-state index contributed by atoms with van der Waals surface area (Å²) in [6.07, 6.45) is -4.56. The molecule has 0 atom stereocenters. The quantitative estimate of drug-likeness (QED) is 0.107. The number of aromatic nitrogens is 5. The van der Waals surface area contributed by atoms with E-state index >= 15 is 0 Å². The van der Waals surface area contributed by atoms with Gasteiger partial charge in [-0.2, -0.15) is 0 Å². The third-order valence-corrected chi connectivity index (χ3v) is 14.9. The molecule has 0 spiro atoms. The Balaban J connectivity index is 1.09. The maximum Gasteiger partial charge on any atom is 0.269 e. The predicted octanol–water partition coefficient (Wildman–Crippen LogP) is 19.7. The number of pyridine rings is 1. The summed E-state index contributed by atoms with van der Waals surface area (Å²) in [4.78, 5) is 4.85. The third kappa shape index (κ3) is 8.45. The zero-order valence-corrected chi connectivity index (χ0v) is 44.6. The number of ether oxygens (including phenoxy) is 1. The number of hydrogen-bond acceptors (Lipinski definition) is 2. The average Bonchev–Trinajstić information content (AvgIpc) is 1.31. The van der Waals surface area contributed by atoms with E-state index < -0.39 is 217 Å². The summed E-state index contributed by atoms with van der Waals surface area (Å²) in [5.41, 5.74) is -16.0. The van der Waals surface area contributed by atoms with Crippen molar-refractivity contribution in [2.45, 2.75) is 77.2 Å². The molecule has 6 heteroatoms. The Labute approximate surface area is 543 Å². The van der Waals surface area contributed by atoms with E-state index in [9.17, 15) is 20.6 Å². The van der Waals surface area contributed by atoms with Gasteiger partial charge < -0.3 is 9.30 Å². The number of imidazole rings is 1. The molecule has 0 fully saturated rings. The molecule has 14 aromatic rings. The maximum atomic E-state index is 10.2. The van der Waals surface area contributed by atoms with E-state index in [1.54, 1.807) is 30.5 Å². The van der Waals surface area contributed by atoms with Crippen LogP contribution in [0.15, 0.2) is 242 Å². The topological polar surface area (TPSA) is 40.8 Å². The van der Waals surface area contributed by atoms with E-state index in [2.05, 4.69) is 6.33 Å². The monoisotopic (exact) mass is 1120 g/mol. The van der Waals surface area contributed by atoms with Gasteiger partial charge in [-0.05, 0) is 140 Å². The van der Waals surface area contributed by atoms with Crippen LogP contribution >= 0.6 is 0 Å². The summed E-state index contributed by atoms with van der Waals surface area (Å²) in [7, 11) is 0. The Kier molecular flexibility index (Phi) is 5.87. The van der Waals surface area contributed by atoms with Crippen molar-refractivity contribution in [3.8, 4) is 67.8 Å². The summed E-state index contributed by atoms with van der Waals surface area (Å²) < 4.78 is 352. The van der Waals surface area contributed by atoms with Crippen LogP contribution < -0.4 is 9.30 Å². The van der Waals surface area contributed by atoms with Gasteiger partial charge in [-0.25, -0.2) is 4.98 Å². The first kappa shape index (κ1) is 25.4. The summed E-state index contributed by atoms with van der Waals surface area (Å²) in [6.45, 7) is -11.7. The summed E-state index contributed by atoms with van der Waals surface area (Å²) in [5, 5.41) is 0.453. The van der Waals surface area contributed by atoms with Gasteiger partial charge in [0.1, 0.15) is 11.6 Å². The van der Waals surface area contributed by atoms with Crippen LogP contribution in [0.4, 0.5) is 0 Å². The molecule has 0 bridgehead atoms. The molecule has 0 saturated carbocycles. The lowest BCUT2D eigenvalue weighted by atomic mass is 9.63. The Morgan fingerprint density at radius 2 is 1.21 bits per heavy atom. The van der Waals surface area contributed by atoms with Gasteiger partial charge in [-0.1, -0.05) is 218 Å². The second-order valence-electron chi connectivity index (χ2n) is 21.2. The van der Waals surface area contributed by atoms with E-state index in [4.69, 9.17) is 39.9 Å². The van der Waals surface area contributed by atoms with Crippen molar-refractivity contribution in [3.05, 3.63) is 265 Å². The van der Waals surface area contributed by atoms with Crippen molar-refractivity contribution in [3.63, 3.8) is 0 Å². The molecule has 84 heavy (non-hydrogen) atoms. The molecule has 0 radical (unpaired) electrons. The van der Waals surface area contributed by atoms with Crippen molar-refractivity contribution < 1.29 is 60.0 Å². The molecule has 6 nitrogen and oxygen atoms in total. The molecule has 0 saturated heterocycles. The first-order chi connectivity index (χ1) is 56.0. The fourth-order valence-electron chi connectivity index (χ4n) is 11.0. The van der Waals surface area contributed by atoms with Crippen molar-refractivity contribution in [1.82, 2.24) is 18.7 Å². The first-order valence-corrected chi connectivity index (χ1v) is 26.3. The Morgan fingerprint density at radius 3 is 1.92 bits per heavy atom. The molecule has 1 aliphatic carbocycles. The standard InChI is InChI=1S/C78H65N5O/c1-76(2,3)55-40-43-79-74(46-55)83-68-35-19-16-30-62(68)63-48-72(82-66-33-17-14-28-60(66)61-29-15-18-34-67(61)82)73(49-70(63)83)84-57-27-20-26-56(47-57)80-50-81(75-58(51-22-10-8-11-23-51)31-21-32-59(75)52-24-12-9-13-25-52)69-39-37-54(45-71(69)80)53-36-38-64-65(44-53)78(6,7)42-41-77(64,4)5/h8-40,43-49H,41-42H2,1-7H3/i4D3,5D3,6D3,7D3,8D,9D,10D,11D,12D,13D,14D,15D,17D,18D,22D,23D,24D,25D,28D,29D,33D,34D,36D,38D,41D2,42D2,44D. The van der Waals surface area contributed by atoms with Crippen molar-refractivity contribution >= 4 is 54.6 Å². The number of fused-ring (bicyclic) bond motifs is 8. The summed E-state index contributed by atoms with van der Waals surface area (Å²) >= 11 is 0. The molecule has 10 aromatic carbocycles. The molecule has 0 N–H and O–H groups in total. The average molecular weight is 1130 g/mol. The van der Waals surface area contributed by atoms with E-state index in [-0.39, 0.29) is 72.5 Å². The highest BCUT2D eigenvalue weighted by Gasteiger charge is 2.37. The largest absolute Gasteiger partial charge is 0.456 e. The molecule has 0 aliphatic heterocycles. The third-order valence-electron chi connectivity index (χ3n) is 14.9. The van der Waals surface area contributed by atoms with Gasteiger partial charge in [0.2, 0.25) is 0 Å². The minimum Gasteiger partial charge on any atom is -0.456 e. The van der Waals surface area contributed by atoms with Crippen LogP contribution in [0.5, 0.6) is 11.5 Å². The van der Waals surface area contributed by atoms with Crippen molar-refractivity contribution in [1.29, 1.82) is 0 Å². The van der Waals surface area contributed by atoms with Crippen LogP contribution in [0.2, 0.25) is 0 Å². The highest BCUT2D eigenvalue weighted by atomic mass is 16.5. The number of benzene rings is 10. The van der Waals surface area contributed by atoms with Gasteiger partial charge >= 0.3 is 0 Å². The first-order valence-electron chi connectivity index (χ1n) is 44.8. The minimum absolute atomic E-state index is 0.0893. The Bertz CT molecular complexity index is 6640. The molecule has 1 aliphatic rings. The van der Waals surface area contributed by atoms with E-state index in [0.29, 0.717) is 27.6 Å². The Hall–Kier alpha value is -9.78. The molecule has 408 valence electrons. The zero-order chi connectivity index (χ0) is 88.9. The molecule has 15 rings (SSSR count). The number of hydrogen-bond donors (Lipinski definition) is 0. The van der Waals surface area contributed by atoms with Gasteiger partial charge in [0.05, 0.1) is 78.9 Å². The molecule has 0 unspecified atom stereocenters. The van der Waals surface area contributed by atoms with E-state index in [1.165, 1.54) is 57.7 Å². The van der Waals surface area contributed by atoms with E-state index in [1.807, 2.05) is 49.6 Å². The summed E-state index contributed by atoms with van der Waals surface area (Å²) in [5.74, 6) is 0.0472. The Morgan fingerprint density at radius 1 is 0.548 bits per heavy atom. The van der Waals surface area contributed by atoms with Gasteiger partial charge in [0.15, 0.2) is 5.75 Å². The van der Waals surface area contributed by atoms with Crippen LogP contribution in [0.25, 0.3) is 111 Å². The number of para-hydroxylation sites is 4. The molecule has 4 heterocycles. The fourth-order valence-corrected chi connectivity index (χ4v) is 11.0. The molecule has 0 amide bonds. The lowest BCUT2D eigenvalue weighted by molar-refractivity contribution is -0.571. The SMILES string of the molecule is [2H]c1c([2H])c([2H])c(-c2cccc(-c3c([2H])c([2H])c([2H])c([2H])c3[2H])c2-[n+]2[c-]n(-c3cccc(Oc4cc5c(cc4-n4c6c([2H])c([2H])c([2H])c([2H])c6c6c([2H])c([2H])c([2H])c([2H])c64)c4ccccc4n5-c4cc(C(C)(C)C)ccn4)c3)c3cc(-c4c([2H])c([2H])c5c(c4[2H])C(C([2H])([2H])[2H])(C([2H])([2H])[2H])C([2H])([2H])C([2H])([2H])C5(C([2H])([2H])[2H])C([2H])([2H])[2H])ccc32)c([2H])c1[2H]. The van der Waals surface area contributed by atoms with Crippen LogP contribution in [0, 0.1) is 6.33 Å². The second-order valence-corrected chi connectivity index (χ2v) is 21.2. The normalized spacial score (nSPS) is 22.1. The molecular formula is C78H65N5O. The number of rotatable bonds is 9.